The van der Waals surface area contributed by atoms with Crippen LogP contribution in [0, 0.1) is 5.82 Å². The summed E-state index contributed by atoms with van der Waals surface area (Å²) in [6.45, 7) is 2.76. The highest BCUT2D eigenvalue weighted by molar-refractivity contribution is 5.89. The predicted octanol–water partition coefficient (Wildman–Crippen LogP) is 2.02. The summed E-state index contributed by atoms with van der Waals surface area (Å²) >= 11 is 0. The lowest BCUT2D eigenvalue weighted by molar-refractivity contribution is -0.134. The number of hydrogen-bond donors (Lipinski definition) is 1. The Morgan fingerprint density at radius 3 is 2.58 bits per heavy atom. The average molecular weight is 262 g/mol. The molecular formula is C15H19FN2O. The fourth-order valence-corrected chi connectivity index (χ4v) is 2.92. The van der Waals surface area contributed by atoms with E-state index in [1.165, 1.54) is 12.1 Å². The largest absolute Gasteiger partial charge is 0.338 e. The molecule has 0 spiro atoms. The maximum Gasteiger partial charge on any atom is 0.242 e. The maximum absolute atomic E-state index is 12.9. The van der Waals surface area contributed by atoms with E-state index >= 15 is 0 Å². The molecule has 0 aromatic heterocycles. The number of carbonyl (C=O) groups excluding carboxylic acids is 1. The molecule has 2 fully saturated rings. The van der Waals surface area contributed by atoms with Crippen LogP contribution in [-0.2, 0) is 4.79 Å². The quantitative estimate of drug-likeness (QED) is 0.886. The van der Waals surface area contributed by atoms with Gasteiger partial charge in [-0.05, 0) is 43.9 Å². The summed E-state index contributed by atoms with van der Waals surface area (Å²) in [5.41, 5.74) is 6.51. The third kappa shape index (κ3) is 2.25. The standard InChI is InChI=1S/C15H19FN2O/c1-10-8-12(11-2-4-13(16)5-3-11)9-18(10)14(19)15(17)6-7-15/h2-5,10,12H,6-9,17H2,1H3. The second kappa shape index (κ2) is 4.30. The number of nitrogens with zero attached hydrogens (tertiary/aromatic N) is 1. The number of halogens is 1. The van der Waals surface area contributed by atoms with Gasteiger partial charge >= 0.3 is 0 Å². The lowest BCUT2D eigenvalue weighted by Crippen LogP contribution is -2.47. The van der Waals surface area contributed by atoms with E-state index in [9.17, 15) is 9.18 Å². The summed E-state index contributed by atoms with van der Waals surface area (Å²) in [5.74, 6) is 0.160. The van der Waals surface area contributed by atoms with Gasteiger partial charge in [-0.3, -0.25) is 4.79 Å². The van der Waals surface area contributed by atoms with E-state index in [2.05, 4.69) is 6.92 Å². The van der Waals surface area contributed by atoms with Gasteiger partial charge in [-0.15, -0.1) is 0 Å². The molecule has 1 amide bonds. The van der Waals surface area contributed by atoms with Crippen molar-refractivity contribution in [2.75, 3.05) is 6.54 Å². The summed E-state index contributed by atoms with van der Waals surface area (Å²) in [6.07, 6.45) is 2.53. The van der Waals surface area contributed by atoms with Crippen LogP contribution in [0.15, 0.2) is 24.3 Å². The molecule has 2 N–H and O–H groups in total. The number of amides is 1. The first-order valence-corrected chi connectivity index (χ1v) is 6.85. The number of carbonyl (C=O) groups is 1. The Morgan fingerprint density at radius 1 is 1.37 bits per heavy atom. The minimum atomic E-state index is -0.591. The Bertz CT molecular complexity index is 495. The van der Waals surface area contributed by atoms with Gasteiger partial charge in [0.05, 0.1) is 5.54 Å². The monoisotopic (exact) mass is 262 g/mol. The second-order valence-corrected chi connectivity index (χ2v) is 5.95. The molecule has 0 radical (unpaired) electrons. The van der Waals surface area contributed by atoms with Crippen molar-refractivity contribution in [2.45, 2.75) is 43.7 Å². The molecule has 3 rings (SSSR count). The molecule has 1 saturated heterocycles. The molecule has 3 nitrogen and oxygen atoms in total. The third-order valence-electron chi connectivity index (χ3n) is 4.39. The zero-order valence-corrected chi connectivity index (χ0v) is 11.1. The van der Waals surface area contributed by atoms with Crippen LogP contribution < -0.4 is 5.73 Å². The number of hydrogen-bond acceptors (Lipinski definition) is 2. The molecule has 19 heavy (non-hydrogen) atoms. The van der Waals surface area contributed by atoms with Crippen LogP contribution in [0.1, 0.15) is 37.7 Å². The number of likely N-dealkylation sites (tertiary alicyclic amines) is 1. The lowest BCUT2D eigenvalue weighted by atomic mass is 9.97. The van der Waals surface area contributed by atoms with Gasteiger partial charge in [0.25, 0.3) is 0 Å². The van der Waals surface area contributed by atoms with E-state index in [-0.39, 0.29) is 17.8 Å². The highest BCUT2D eigenvalue weighted by atomic mass is 19.1. The van der Waals surface area contributed by atoms with E-state index in [1.54, 1.807) is 0 Å². The van der Waals surface area contributed by atoms with E-state index in [0.29, 0.717) is 12.5 Å². The SMILES string of the molecule is CC1CC(c2ccc(F)cc2)CN1C(=O)C1(N)CC1. The van der Waals surface area contributed by atoms with Crippen LogP contribution in [0.25, 0.3) is 0 Å². The Kier molecular flexibility index (Phi) is 2.86. The van der Waals surface area contributed by atoms with Crippen molar-refractivity contribution in [3.63, 3.8) is 0 Å². The number of nitrogens with two attached hydrogens (primary N) is 1. The molecule has 1 aliphatic carbocycles. The van der Waals surface area contributed by atoms with Crippen molar-refractivity contribution in [2.24, 2.45) is 5.73 Å². The van der Waals surface area contributed by atoms with Gasteiger partial charge in [-0.2, -0.15) is 0 Å². The smallest absolute Gasteiger partial charge is 0.242 e. The first-order valence-electron chi connectivity index (χ1n) is 6.85. The summed E-state index contributed by atoms with van der Waals surface area (Å²) in [7, 11) is 0. The van der Waals surface area contributed by atoms with Crippen molar-refractivity contribution < 1.29 is 9.18 Å². The summed E-state index contributed by atoms with van der Waals surface area (Å²) < 4.78 is 12.9. The molecule has 1 aromatic carbocycles. The normalized spacial score (nSPS) is 28.5. The number of benzene rings is 1. The molecule has 2 unspecified atom stereocenters. The van der Waals surface area contributed by atoms with Crippen LogP contribution in [0.3, 0.4) is 0 Å². The van der Waals surface area contributed by atoms with Gasteiger partial charge < -0.3 is 10.6 Å². The summed E-state index contributed by atoms with van der Waals surface area (Å²) in [4.78, 5) is 14.2. The van der Waals surface area contributed by atoms with Crippen LogP contribution >= 0.6 is 0 Å². The molecule has 1 aliphatic heterocycles. The first kappa shape index (κ1) is 12.6. The molecule has 1 saturated carbocycles. The Morgan fingerprint density at radius 2 is 2.00 bits per heavy atom. The predicted molar refractivity (Wildman–Crippen MR) is 71.1 cm³/mol. The van der Waals surface area contributed by atoms with Gasteiger partial charge in [0.1, 0.15) is 5.82 Å². The minimum absolute atomic E-state index is 0.0876. The van der Waals surface area contributed by atoms with E-state index in [1.807, 2.05) is 17.0 Å². The van der Waals surface area contributed by atoms with Crippen LogP contribution in [0.4, 0.5) is 4.39 Å². The van der Waals surface area contributed by atoms with Crippen molar-refractivity contribution in [3.05, 3.63) is 35.6 Å². The molecule has 2 aliphatic rings. The van der Waals surface area contributed by atoms with E-state index in [4.69, 9.17) is 5.73 Å². The van der Waals surface area contributed by atoms with E-state index < -0.39 is 5.54 Å². The van der Waals surface area contributed by atoms with Crippen LogP contribution in [0.2, 0.25) is 0 Å². The minimum Gasteiger partial charge on any atom is -0.338 e. The summed E-state index contributed by atoms with van der Waals surface area (Å²) in [5, 5.41) is 0. The lowest BCUT2D eigenvalue weighted by Gasteiger charge is -2.24. The van der Waals surface area contributed by atoms with Gasteiger partial charge in [-0.25, -0.2) is 4.39 Å². The molecule has 102 valence electrons. The second-order valence-electron chi connectivity index (χ2n) is 5.95. The van der Waals surface area contributed by atoms with Gasteiger partial charge in [0, 0.05) is 18.5 Å². The molecule has 0 bridgehead atoms. The van der Waals surface area contributed by atoms with Gasteiger partial charge in [0.15, 0.2) is 0 Å². The molecule has 2 atom stereocenters. The fraction of sp³-hybridized carbons (Fsp3) is 0.533. The highest BCUT2D eigenvalue weighted by Gasteiger charge is 2.50. The Hall–Kier alpha value is -1.42. The van der Waals surface area contributed by atoms with Crippen molar-refractivity contribution in [1.29, 1.82) is 0 Å². The zero-order chi connectivity index (χ0) is 13.6. The highest BCUT2D eigenvalue weighted by Crippen LogP contribution is 2.39. The van der Waals surface area contributed by atoms with E-state index in [0.717, 1.165) is 24.8 Å². The summed E-state index contributed by atoms with van der Waals surface area (Å²) in [6, 6.07) is 6.81. The van der Waals surface area contributed by atoms with Crippen molar-refractivity contribution in [3.8, 4) is 0 Å². The zero-order valence-electron chi connectivity index (χ0n) is 11.1. The van der Waals surface area contributed by atoms with Crippen LogP contribution in [0.5, 0.6) is 0 Å². The molecule has 1 aromatic rings. The van der Waals surface area contributed by atoms with Crippen molar-refractivity contribution in [1.82, 2.24) is 4.90 Å². The topological polar surface area (TPSA) is 46.3 Å². The Labute approximate surface area is 112 Å². The third-order valence-corrected chi connectivity index (χ3v) is 4.39. The maximum atomic E-state index is 12.9. The Balaban J connectivity index is 1.74. The fourth-order valence-electron chi connectivity index (χ4n) is 2.92. The average Bonchev–Trinajstić information content (AvgIpc) is 3.02. The number of rotatable bonds is 2. The molecule has 1 heterocycles. The van der Waals surface area contributed by atoms with Gasteiger partial charge in [-0.1, -0.05) is 12.1 Å². The van der Waals surface area contributed by atoms with Gasteiger partial charge in [0.2, 0.25) is 5.91 Å². The molecular weight excluding hydrogens is 243 g/mol. The first-order chi connectivity index (χ1) is 8.99. The molecule has 4 heteroatoms. The van der Waals surface area contributed by atoms with Crippen molar-refractivity contribution >= 4 is 5.91 Å². The van der Waals surface area contributed by atoms with Crippen LogP contribution in [-0.4, -0.2) is 28.9 Å².